The molecule has 0 radical (unpaired) electrons. The number of amides is 1. The Kier molecular flexibility index (Phi) is 4.78. The van der Waals surface area contributed by atoms with Crippen molar-refractivity contribution in [2.75, 3.05) is 18.2 Å². The number of hydrogen-bond acceptors (Lipinski definition) is 4. The molecule has 2 aromatic carbocycles. The predicted octanol–water partition coefficient (Wildman–Crippen LogP) is 3.97. The highest BCUT2D eigenvalue weighted by Crippen LogP contribution is 2.22. The minimum absolute atomic E-state index is 0.0529. The predicted molar refractivity (Wildman–Crippen MR) is 94.1 cm³/mol. The summed E-state index contributed by atoms with van der Waals surface area (Å²) in [7, 11) is 1.63. The Morgan fingerprint density at radius 2 is 1.96 bits per heavy atom. The van der Waals surface area contributed by atoms with Crippen molar-refractivity contribution in [1.82, 2.24) is 4.98 Å². The maximum atomic E-state index is 12.1. The van der Waals surface area contributed by atoms with Gasteiger partial charge in [-0.3, -0.25) is 9.78 Å². The third-order valence-corrected chi connectivity index (χ3v) is 4.32. The molecule has 0 spiro atoms. The lowest BCUT2D eigenvalue weighted by Gasteiger charge is -2.06. The molecule has 0 aliphatic carbocycles. The van der Waals surface area contributed by atoms with E-state index >= 15 is 0 Å². The number of pyridine rings is 1. The molecule has 0 aliphatic rings. The Hall–Kier alpha value is -2.53. The van der Waals surface area contributed by atoms with E-state index in [1.165, 1.54) is 11.8 Å². The molecule has 0 saturated heterocycles. The average molecular weight is 324 g/mol. The van der Waals surface area contributed by atoms with Gasteiger partial charge in [0.2, 0.25) is 5.91 Å². The summed E-state index contributed by atoms with van der Waals surface area (Å²) >= 11 is 1.48. The smallest absolute Gasteiger partial charge is 0.234 e. The first-order chi connectivity index (χ1) is 11.2. The highest BCUT2D eigenvalue weighted by molar-refractivity contribution is 8.00. The molecule has 5 heteroatoms. The zero-order valence-corrected chi connectivity index (χ0v) is 13.5. The van der Waals surface area contributed by atoms with E-state index < -0.39 is 0 Å². The van der Waals surface area contributed by atoms with Gasteiger partial charge in [0.25, 0.3) is 0 Å². The highest BCUT2D eigenvalue weighted by Gasteiger charge is 2.05. The van der Waals surface area contributed by atoms with Gasteiger partial charge < -0.3 is 10.1 Å². The topological polar surface area (TPSA) is 51.2 Å². The van der Waals surface area contributed by atoms with Crippen molar-refractivity contribution in [1.29, 1.82) is 0 Å². The van der Waals surface area contributed by atoms with E-state index in [0.717, 1.165) is 21.5 Å². The first-order valence-corrected chi connectivity index (χ1v) is 8.14. The molecule has 23 heavy (non-hydrogen) atoms. The maximum Gasteiger partial charge on any atom is 0.234 e. The van der Waals surface area contributed by atoms with Gasteiger partial charge in [-0.15, -0.1) is 11.8 Å². The second-order valence-electron chi connectivity index (χ2n) is 4.93. The van der Waals surface area contributed by atoms with Crippen molar-refractivity contribution in [2.24, 2.45) is 0 Å². The zero-order valence-electron chi connectivity index (χ0n) is 12.7. The minimum Gasteiger partial charge on any atom is -0.497 e. The van der Waals surface area contributed by atoms with Gasteiger partial charge in [-0.25, -0.2) is 0 Å². The summed E-state index contributed by atoms with van der Waals surface area (Å²) < 4.78 is 5.11. The van der Waals surface area contributed by atoms with Crippen LogP contribution in [0.2, 0.25) is 0 Å². The number of para-hydroxylation sites is 1. The number of carbonyl (C=O) groups is 1. The fourth-order valence-electron chi connectivity index (χ4n) is 2.16. The largest absolute Gasteiger partial charge is 0.497 e. The van der Waals surface area contributed by atoms with Gasteiger partial charge in [0, 0.05) is 10.3 Å². The second kappa shape index (κ2) is 7.15. The van der Waals surface area contributed by atoms with Gasteiger partial charge in [-0.2, -0.15) is 0 Å². The van der Waals surface area contributed by atoms with Crippen LogP contribution in [0, 0.1) is 0 Å². The van der Waals surface area contributed by atoms with Crippen molar-refractivity contribution >= 4 is 34.3 Å². The minimum atomic E-state index is -0.0529. The molecule has 0 unspecified atom stereocenters. The number of thioether (sulfide) groups is 1. The van der Waals surface area contributed by atoms with Crippen LogP contribution in [0.4, 0.5) is 5.69 Å². The first-order valence-electron chi connectivity index (χ1n) is 7.16. The molecule has 1 aromatic heterocycles. The third-order valence-electron chi connectivity index (χ3n) is 3.30. The molecule has 0 saturated carbocycles. The maximum absolute atomic E-state index is 12.1. The van der Waals surface area contributed by atoms with Crippen molar-refractivity contribution in [3.8, 4) is 5.75 Å². The van der Waals surface area contributed by atoms with Crippen LogP contribution in [0.1, 0.15) is 0 Å². The Morgan fingerprint density at radius 3 is 2.74 bits per heavy atom. The van der Waals surface area contributed by atoms with Gasteiger partial charge in [0.1, 0.15) is 5.75 Å². The molecule has 3 rings (SSSR count). The summed E-state index contributed by atoms with van der Waals surface area (Å²) in [4.78, 5) is 17.4. The monoisotopic (exact) mass is 324 g/mol. The fraction of sp³-hybridized carbons (Fsp3) is 0.111. The Morgan fingerprint density at radius 1 is 1.17 bits per heavy atom. The normalized spacial score (nSPS) is 10.5. The lowest BCUT2D eigenvalue weighted by atomic mass is 10.2. The number of ether oxygens (including phenoxy) is 1. The molecule has 0 fully saturated rings. The third kappa shape index (κ3) is 4.02. The summed E-state index contributed by atoms with van der Waals surface area (Å²) in [5.41, 5.74) is 1.63. The summed E-state index contributed by atoms with van der Waals surface area (Å²) in [5.74, 6) is 1.10. The summed E-state index contributed by atoms with van der Waals surface area (Å²) in [6, 6.07) is 17.4. The number of nitrogens with zero attached hydrogens (tertiary/aromatic N) is 1. The molecule has 0 aliphatic heterocycles. The fourth-order valence-corrected chi connectivity index (χ4v) is 2.86. The number of anilines is 1. The molecular weight excluding hydrogens is 308 g/mol. The van der Waals surface area contributed by atoms with E-state index in [-0.39, 0.29) is 5.91 Å². The van der Waals surface area contributed by atoms with E-state index in [4.69, 9.17) is 4.74 Å². The molecule has 1 N–H and O–H groups in total. The lowest BCUT2D eigenvalue weighted by molar-refractivity contribution is -0.113. The molecule has 0 bridgehead atoms. The van der Waals surface area contributed by atoms with Crippen LogP contribution < -0.4 is 10.1 Å². The highest BCUT2D eigenvalue weighted by atomic mass is 32.2. The van der Waals surface area contributed by atoms with Crippen LogP contribution in [0.25, 0.3) is 10.9 Å². The summed E-state index contributed by atoms with van der Waals surface area (Å²) in [5, 5.41) is 3.89. The van der Waals surface area contributed by atoms with Crippen LogP contribution in [0.3, 0.4) is 0 Å². The first kappa shape index (κ1) is 15.4. The van der Waals surface area contributed by atoms with E-state index in [1.807, 2.05) is 54.6 Å². The van der Waals surface area contributed by atoms with Gasteiger partial charge in [-0.05, 0) is 36.4 Å². The number of hydrogen-bond donors (Lipinski definition) is 1. The van der Waals surface area contributed by atoms with Crippen molar-refractivity contribution in [2.45, 2.75) is 4.90 Å². The van der Waals surface area contributed by atoms with Gasteiger partial charge >= 0.3 is 0 Å². The van der Waals surface area contributed by atoms with E-state index in [2.05, 4.69) is 10.3 Å². The second-order valence-corrected chi connectivity index (χ2v) is 5.98. The van der Waals surface area contributed by atoms with Gasteiger partial charge in [0.05, 0.1) is 30.3 Å². The van der Waals surface area contributed by atoms with Crippen molar-refractivity contribution in [3.05, 3.63) is 60.8 Å². The number of fused-ring (bicyclic) bond motifs is 1. The standard InChI is InChI=1S/C18H16N2O2S/c1-22-15-6-8-16(9-7-15)23-12-18(21)20-14-10-13-4-2-3-5-17(13)19-11-14/h2-11H,12H2,1H3,(H,20,21). The van der Waals surface area contributed by atoms with Crippen LogP contribution >= 0.6 is 11.8 Å². The number of methoxy groups -OCH3 is 1. The Labute approximate surface area is 138 Å². The van der Waals surface area contributed by atoms with E-state index in [9.17, 15) is 4.79 Å². The summed E-state index contributed by atoms with van der Waals surface area (Å²) in [6.07, 6.45) is 1.68. The van der Waals surface area contributed by atoms with Crippen LogP contribution in [0.5, 0.6) is 5.75 Å². The quantitative estimate of drug-likeness (QED) is 0.721. The number of nitrogens with one attached hydrogen (secondary N) is 1. The molecule has 116 valence electrons. The molecule has 4 nitrogen and oxygen atoms in total. The van der Waals surface area contributed by atoms with Crippen molar-refractivity contribution in [3.63, 3.8) is 0 Å². The lowest BCUT2D eigenvalue weighted by Crippen LogP contribution is -2.14. The molecule has 0 atom stereocenters. The average Bonchev–Trinajstić information content (AvgIpc) is 2.60. The molecule has 3 aromatic rings. The van der Waals surface area contributed by atoms with Gasteiger partial charge in [-0.1, -0.05) is 18.2 Å². The van der Waals surface area contributed by atoms with Crippen LogP contribution in [-0.2, 0) is 4.79 Å². The number of benzene rings is 2. The number of rotatable bonds is 5. The summed E-state index contributed by atoms with van der Waals surface area (Å²) in [6.45, 7) is 0. The van der Waals surface area contributed by atoms with Crippen LogP contribution in [0.15, 0.2) is 65.7 Å². The van der Waals surface area contributed by atoms with E-state index in [0.29, 0.717) is 11.4 Å². The molecule has 1 amide bonds. The Balaban J connectivity index is 1.59. The number of aromatic nitrogens is 1. The van der Waals surface area contributed by atoms with Crippen LogP contribution in [-0.4, -0.2) is 23.8 Å². The van der Waals surface area contributed by atoms with Crippen molar-refractivity contribution < 1.29 is 9.53 Å². The Bertz CT molecular complexity index is 819. The number of carbonyl (C=O) groups excluding carboxylic acids is 1. The van der Waals surface area contributed by atoms with E-state index in [1.54, 1.807) is 13.3 Å². The molecule has 1 heterocycles. The molecular formula is C18H16N2O2S. The SMILES string of the molecule is COc1ccc(SCC(=O)Nc2cnc3ccccc3c2)cc1. The van der Waals surface area contributed by atoms with Gasteiger partial charge in [0.15, 0.2) is 0 Å². The zero-order chi connectivity index (χ0) is 16.1.